The maximum absolute atomic E-state index is 12.5. The standard InChI is InChI=1S/C9H7F3N4O/c1-5-7(9(10,11)12)15-16(8(5)17)6-4-13-2-3-14-6/h2-5H,1H3. The van der Waals surface area contributed by atoms with Gasteiger partial charge >= 0.3 is 6.18 Å². The van der Waals surface area contributed by atoms with Crippen molar-refractivity contribution in [2.24, 2.45) is 11.0 Å². The lowest BCUT2D eigenvalue weighted by Crippen LogP contribution is -2.31. The first-order valence-electron chi connectivity index (χ1n) is 4.67. The van der Waals surface area contributed by atoms with Crippen molar-refractivity contribution in [3.05, 3.63) is 18.6 Å². The van der Waals surface area contributed by atoms with E-state index >= 15 is 0 Å². The number of anilines is 1. The molecule has 0 aliphatic carbocycles. The minimum absolute atomic E-state index is 0.0244. The largest absolute Gasteiger partial charge is 0.432 e. The highest BCUT2D eigenvalue weighted by Gasteiger charge is 2.48. The topological polar surface area (TPSA) is 58.5 Å². The molecule has 17 heavy (non-hydrogen) atoms. The number of nitrogens with zero attached hydrogens (tertiary/aromatic N) is 4. The van der Waals surface area contributed by atoms with E-state index in [0.29, 0.717) is 5.01 Å². The molecular formula is C9H7F3N4O. The van der Waals surface area contributed by atoms with Gasteiger partial charge in [-0.2, -0.15) is 23.3 Å². The summed E-state index contributed by atoms with van der Waals surface area (Å²) in [4.78, 5) is 19.0. The smallest absolute Gasteiger partial charge is 0.272 e. The van der Waals surface area contributed by atoms with Gasteiger partial charge < -0.3 is 0 Å². The van der Waals surface area contributed by atoms with Crippen LogP contribution < -0.4 is 5.01 Å². The Kier molecular flexibility index (Phi) is 2.56. The molecule has 1 aromatic heterocycles. The Morgan fingerprint density at radius 1 is 1.35 bits per heavy atom. The minimum Gasteiger partial charge on any atom is -0.272 e. The molecule has 0 saturated heterocycles. The molecule has 5 nitrogen and oxygen atoms in total. The van der Waals surface area contributed by atoms with Gasteiger partial charge in [-0.25, -0.2) is 4.98 Å². The Morgan fingerprint density at radius 3 is 2.53 bits per heavy atom. The Labute approximate surface area is 94.0 Å². The van der Waals surface area contributed by atoms with E-state index < -0.39 is 23.7 Å². The SMILES string of the molecule is CC1C(=O)N(c2cnccn2)N=C1C(F)(F)F. The Morgan fingerprint density at radius 2 is 2.06 bits per heavy atom. The average Bonchev–Trinajstić information content (AvgIpc) is 2.57. The summed E-state index contributed by atoms with van der Waals surface area (Å²) in [6.07, 6.45) is -0.824. The number of carbonyl (C=O) groups is 1. The lowest BCUT2D eigenvalue weighted by atomic mass is 10.1. The molecule has 0 radical (unpaired) electrons. The molecule has 0 bridgehead atoms. The second kappa shape index (κ2) is 3.79. The van der Waals surface area contributed by atoms with E-state index in [1.165, 1.54) is 18.6 Å². The molecule has 90 valence electrons. The fourth-order valence-corrected chi connectivity index (χ4v) is 1.41. The third kappa shape index (κ3) is 1.97. The van der Waals surface area contributed by atoms with Gasteiger partial charge in [-0.15, -0.1) is 0 Å². The van der Waals surface area contributed by atoms with E-state index in [1.54, 1.807) is 0 Å². The van der Waals surface area contributed by atoms with Crippen molar-refractivity contribution in [3.8, 4) is 0 Å². The van der Waals surface area contributed by atoms with E-state index in [-0.39, 0.29) is 5.82 Å². The molecule has 1 unspecified atom stereocenters. The summed E-state index contributed by atoms with van der Waals surface area (Å²) >= 11 is 0. The van der Waals surface area contributed by atoms with Crippen LogP contribution in [0.5, 0.6) is 0 Å². The summed E-state index contributed by atoms with van der Waals surface area (Å²) in [7, 11) is 0. The van der Waals surface area contributed by atoms with Gasteiger partial charge in [0.1, 0.15) is 0 Å². The Hall–Kier alpha value is -1.99. The number of rotatable bonds is 1. The third-order valence-electron chi connectivity index (χ3n) is 2.25. The van der Waals surface area contributed by atoms with Crippen LogP contribution in [-0.4, -0.2) is 27.8 Å². The average molecular weight is 244 g/mol. The summed E-state index contributed by atoms with van der Waals surface area (Å²) in [6.45, 7) is 1.16. The van der Waals surface area contributed by atoms with Crippen molar-refractivity contribution in [1.82, 2.24) is 9.97 Å². The van der Waals surface area contributed by atoms with Crippen molar-refractivity contribution >= 4 is 17.4 Å². The van der Waals surface area contributed by atoms with Gasteiger partial charge in [-0.05, 0) is 6.92 Å². The number of hydrazone groups is 1. The molecular weight excluding hydrogens is 237 g/mol. The quantitative estimate of drug-likeness (QED) is 0.749. The minimum atomic E-state index is -4.62. The zero-order valence-electron chi connectivity index (χ0n) is 8.64. The second-order valence-corrected chi connectivity index (χ2v) is 3.42. The number of carbonyl (C=O) groups excluding carboxylic acids is 1. The highest BCUT2D eigenvalue weighted by molar-refractivity contribution is 6.16. The number of hydrogen-bond donors (Lipinski definition) is 0. The third-order valence-corrected chi connectivity index (χ3v) is 2.25. The van der Waals surface area contributed by atoms with Crippen molar-refractivity contribution in [2.45, 2.75) is 13.1 Å². The van der Waals surface area contributed by atoms with Crippen LogP contribution in [0.4, 0.5) is 19.0 Å². The van der Waals surface area contributed by atoms with Crippen LogP contribution >= 0.6 is 0 Å². The first-order valence-corrected chi connectivity index (χ1v) is 4.67. The first kappa shape index (κ1) is 11.5. The van der Waals surface area contributed by atoms with Gasteiger partial charge in [0.05, 0.1) is 12.1 Å². The Balaban J connectivity index is 2.39. The maximum Gasteiger partial charge on any atom is 0.432 e. The molecule has 8 heteroatoms. The van der Waals surface area contributed by atoms with Crippen LogP contribution in [0.1, 0.15) is 6.92 Å². The molecule has 0 saturated carbocycles. The molecule has 1 atom stereocenters. The summed E-state index contributed by atoms with van der Waals surface area (Å²) in [6, 6.07) is 0. The normalized spacial score (nSPS) is 20.7. The van der Waals surface area contributed by atoms with Gasteiger partial charge in [0.2, 0.25) is 0 Å². The predicted molar refractivity (Wildman–Crippen MR) is 52.2 cm³/mol. The molecule has 0 N–H and O–H groups in total. The Bertz CT molecular complexity index is 471. The molecule has 1 aliphatic heterocycles. The highest BCUT2D eigenvalue weighted by Crippen LogP contribution is 2.30. The van der Waals surface area contributed by atoms with Crippen LogP contribution in [0.15, 0.2) is 23.7 Å². The van der Waals surface area contributed by atoms with Crippen LogP contribution in [0.3, 0.4) is 0 Å². The van der Waals surface area contributed by atoms with E-state index in [1.807, 2.05) is 0 Å². The van der Waals surface area contributed by atoms with Gasteiger partial charge in [0.25, 0.3) is 5.91 Å². The number of hydrogen-bond acceptors (Lipinski definition) is 4. The molecule has 2 heterocycles. The van der Waals surface area contributed by atoms with Gasteiger partial charge in [0, 0.05) is 12.4 Å². The van der Waals surface area contributed by atoms with E-state index in [4.69, 9.17) is 0 Å². The summed E-state index contributed by atoms with van der Waals surface area (Å²) < 4.78 is 37.6. The van der Waals surface area contributed by atoms with Crippen LogP contribution in [0, 0.1) is 5.92 Å². The molecule has 2 rings (SSSR count). The molecule has 1 aliphatic rings. The number of halogens is 3. The maximum atomic E-state index is 12.5. The summed E-state index contributed by atoms with van der Waals surface area (Å²) in [5.41, 5.74) is -1.12. The van der Waals surface area contributed by atoms with Crippen molar-refractivity contribution in [2.75, 3.05) is 5.01 Å². The van der Waals surface area contributed by atoms with Crippen LogP contribution in [0.25, 0.3) is 0 Å². The summed E-state index contributed by atoms with van der Waals surface area (Å²) in [5, 5.41) is 3.89. The van der Waals surface area contributed by atoms with E-state index in [9.17, 15) is 18.0 Å². The van der Waals surface area contributed by atoms with Crippen LogP contribution in [-0.2, 0) is 4.79 Å². The van der Waals surface area contributed by atoms with Gasteiger partial charge in [-0.1, -0.05) is 0 Å². The van der Waals surface area contributed by atoms with Crippen molar-refractivity contribution < 1.29 is 18.0 Å². The molecule has 1 amide bonds. The molecule has 1 aromatic rings. The zero-order chi connectivity index (χ0) is 12.6. The van der Waals surface area contributed by atoms with Crippen LogP contribution in [0.2, 0.25) is 0 Å². The molecule has 0 fully saturated rings. The van der Waals surface area contributed by atoms with E-state index in [0.717, 1.165) is 6.92 Å². The van der Waals surface area contributed by atoms with Gasteiger partial charge in [0.15, 0.2) is 11.5 Å². The number of amides is 1. The predicted octanol–water partition coefficient (Wildman–Crippen LogP) is 1.38. The fourth-order valence-electron chi connectivity index (χ4n) is 1.41. The first-order chi connectivity index (χ1) is 7.91. The second-order valence-electron chi connectivity index (χ2n) is 3.42. The fraction of sp³-hybridized carbons (Fsp3) is 0.333. The lowest BCUT2D eigenvalue weighted by Gasteiger charge is -2.09. The molecule has 0 spiro atoms. The molecule has 0 aromatic carbocycles. The van der Waals surface area contributed by atoms with E-state index in [2.05, 4.69) is 15.1 Å². The van der Waals surface area contributed by atoms with Crippen molar-refractivity contribution in [1.29, 1.82) is 0 Å². The number of alkyl halides is 3. The monoisotopic (exact) mass is 244 g/mol. The highest BCUT2D eigenvalue weighted by atomic mass is 19.4. The van der Waals surface area contributed by atoms with Gasteiger partial charge in [-0.3, -0.25) is 9.78 Å². The number of aromatic nitrogens is 2. The zero-order valence-corrected chi connectivity index (χ0v) is 8.64. The lowest BCUT2D eigenvalue weighted by molar-refractivity contribution is -0.120. The van der Waals surface area contributed by atoms with Crippen molar-refractivity contribution in [3.63, 3.8) is 0 Å². The summed E-state index contributed by atoms with van der Waals surface area (Å²) in [5.74, 6) is -2.11.